The lowest BCUT2D eigenvalue weighted by molar-refractivity contribution is 0.0958. The van der Waals surface area contributed by atoms with Crippen molar-refractivity contribution in [3.63, 3.8) is 0 Å². The Morgan fingerprint density at radius 1 is 1.03 bits per heavy atom. The highest BCUT2D eigenvalue weighted by atomic mass is 32.1. The highest BCUT2D eigenvalue weighted by Crippen LogP contribution is 2.19. The first kappa shape index (κ1) is 22.6. The Morgan fingerprint density at radius 2 is 1.76 bits per heavy atom. The molecular formula is C22H28N2O4S. The van der Waals surface area contributed by atoms with E-state index in [1.165, 1.54) is 0 Å². The summed E-state index contributed by atoms with van der Waals surface area (Å²) in [6.45, 7) is 8.22. The number of hydrogen-bond donors (Lipinski definition) is 2. The third-order valence-corrected chi connectivity index (χ3v) is 3.95. The molecule has 0 bridgehead atoms. The molecule has 1 amide bonds. The van der Waals surface area contributed by atoms with Gasteiger partial charge >= 0.3 is 0 Å². The molecule has 156 valence electrons. The molecule has 0 aliphatic heterocycles. The molecule has 0 aliphatic rings. The van der Waals surface area contributed by atoms with Crippen LogP contribution in [0.5, 0.6) is 11.5 Å². The van der Waals surface area contributed by atoms with Crippen LogP contribution >= 0.6 is 12.2 Å². The van der Waals surface area contributed by atoms with Crippen LogP contribution in [0.15, 0.2) is 48.5 Å². The van der Waals surface area contributed by atoms with E-state index >= 15 is 0 Å². The van der Waals surface area contributed by atoms with Crippen LogP contribution in [0.25, 0.3) is 0 Å². The zero-order valence-corrected chi connectivity index (χ0v) is 17.9. The molecule has 2 rings (SSSR count). The lowest BCUT2D eigenvalue weighted by atomic mass is 10.2. The van der Waals surface area contributed by atoms with Crippen LogP contribution in [0.2, 0.25) is 0 Å². The minimum atomic E-state index is -0.341. The maximum atomic E-state index is 12.6. The van der Waals surface area contributed by atoms with Crippen molar-refractivity contribution >= 4 is 28.9 Å². The monoisotopic (exact) mass is 416 g/mol. The van der Waals surface area contributed by atoms with Gasteiger partial charge in [-0.15, -0.1) is 0 Å². The molecule has 0 atom stereocenters. The van der Waals surface area contributed by atoms with E-state index in [9.17, 15) is 4.79 Å². The maximum Gasteiger partial charge on any atom is 0.261 e. The number of ether oxygens (including phenoxy) is 3. The number of benzene rings is 2. The minimum absolute atomic E-state index is 0.204. The lowest BCUT2D eigenvalue weighted by Gasteiger charge is -2.13. The number of para-hydroxylation sites is 1. The minimum Gasteiger partial charge on any atom is -0.493 e. The summed E-state index contributed by atoms with van der Waals surface area (Å²) in [4.78, 5) is 12.6. The molecule has 0 heterocycles. The quantitative estimate of drug-likeness (QED) is 0.445. The number of anilines is 1. The van der Waals surface area contributed by atoms with E-state index in [1.807, 2.05) is 37.3 Å². The molecule has 2 N–H and O–H groups in total. The third kappa shape index (κ3) is 8.09. The van der Waals surface area contributed by atoms with Gasteiger partial charge in [0, 0.05) is 12.3 Å². The van der Waals surface area contributed by atoms with E-state index in [0.717, 1.165) is 11.4 Å². The second kappa shape index (κ2) is 12.0. The van der Waals surface area contributed by atoms with Gasteiger partial charge in [-0.05, 0) is 61.5 Å². The van der Waals surface area contributed by atoms with Crippen molar-refractivity contribution in [1.82, 2.24) is 5.32 Å². The van der Waals surface area contributed by atoms with E-state index in [0.29, 0.717) is 43.7 Å². The number of carbonyl (C=O) groups is 1. The van der Waals surface area contributed by atoms with Crippen molar-refractivity contribution in [2.45, 2.75) is 20.8 Å². The fourth-order valence-corrected chi connectivity index (χ4v) is 2.58. The van der Waals surface area contributed by atoms with Gasteiger partial charge in [-0.2, -0.15) is 0 Å². The van der Waals surface area contributed by atoms with Crippen molar-refractivity contribution in [2.24, 2.45) is 5.92 Å². The predicted octanol–water partition coefficient (Wildman–Crippen LogP) is 4.26. The van der Waals surface area contributed by atoms with E-state index < -0.39 is 0 Å². The van der Waals surface area contributed by atoms with Crippen LogP contribution < -0.4 is 20.1 Å². The number of amides is 1. The molecule has 0 saturated carbocycles. The molecule has 0 aliphatic carbocycles. The number of carbonyl (C=O) groups excluding carboxylic acids is 1. The summed E-state index contributed by atoms with van der Waals surface area (Å²) >= 11 is 5.26. The van der Waals surface area contributed by atoms with Crippen LogP contribution in [0, 0.1) is 5.92 Å². The highest BCUT2D eigenvalue weighted by Gasteiger charge is 2.13. The molecule has 6 nitrogen and oxygen atoms in total. The standard InChI is InChI=1S/C22H28N2O4S/c1-4-26-13-14-27-20-8-6-5-7-19(20)21(25)24-22(29)23-17-9-11-18(12-10-17)28-15-16(2)3/h5-12,16H,4,13-15H2,1-3H3,(H2,23,24,25,29). The molecule has 2 aromatic carbocycles. The number of rotatable bonds is 10. The molecule has 0 aromatic heterocycles. The number of thiocarbonyl (C=S) groups is 1. The summed E-state index contributed by atoms with van der Waals surface area (Å²) in [6, 6.07) is 14.4. The van der Waals surface area contributed by atoms with Gasteiger partial charge in [0.05, 0.1) is 18.8 Å². The maximum absolute atomic E-state index is 12.6. The Balaban J connectivity index is 1.89. The first-order valence-electron chi connectivity index (χ1n) is 9.64. The lowest BCUT2D eigenvalue weighted by Crippen LogP contribution is -2.34. The van der Waals surface area contributed by atoms with Crippen molar-refractivity contribution in [3.8, 4) is 11.5 Å². The molecule has 29 heavy (non-hydrogen) atoms. The van der Waals surface area contributed by atoms with Crippen molar-refractivity contribution in [1.29, 1.82) is 0 Å². The summed E-state index contributed by atoms with van der Waals surface area (Å²) in [5, 5.41) is 5.88. The van der Waals surface area contributed by atoms with Gasteiger partial charge in [0.2, 0.25) is 0 Å². The Morgan fingerprint density at radius 3 is 2.45 bits per heavy atom. The summed E-state index contributed by atoms with van der Waals surface area (Å²) in [5.74, 6) is 1.39. The average Bonchev–Trinajstić information content (AvgIpc) is 2.71. The van der Waals surface area contributed by atoms with Gasteiger partial charge in [0.15, 0.2) is 5.11 Å². The fraction of sp³-hybridized carbons (Fsp3) is 0.364. The topological polar surface area (TPSA) is 68.8 Å². The Labute approximate surface area is 177 Å². The number of hydrogen-bond acceptors (Lipinski definition) is 5. The van der Waals surface area contributed by atoms with Gasteiger partial charge in [0.1, 0.15) is 18.1 Å². The molecule has 0 saturated heterocycles. The van der Waals surface area contributed by atoms with Crippen molar-refractivity contribution in [2.75, 3.05) is 31.7 Å². The van der Waals surface area contributed by atoms with E-state index in [-0.39, 0.29) is 11.0 Å². The molecule has 0 radical (unpaired) electrons. The average molecular weight is 417 g/mol. The van der Waals surface area contributed by atoms with Gasteiger partial charge in [-0.3, -0.25) is 10.1 Å². The second-order valence-corrected chi connectivity index (χ2v) is 7.09. The van der Waals surface area contributed by atoms with Gasteiger partial charge in [-0.25, -0.2) is 0 Å². The smallest absolute Gasteiger partial charge is 0.261 e. The molecule has 0 fully saturated rings. The van der Waals surface area contributed by atoms with E-state index in [4.69, 9.17) is 26.4 Å². The molecule has 7 heteroatoms. The third-order valence-electron chi connectivity index (χ3n) is 3.74. The van der Waals surface area contributed by atoms with Crippen molar-refractivity contribution < 1.29 is 19.0 Å². The summed E-state index contributed by atoms with van der Waals surface area (Å²) < 4.78 is 16.6. The predicted molar refractivity (Wildman–Crippen MR) is 119 cm³/mol. The van der Waals surface area contributed by atoms with Crippen LogP contribution in [-0.2, 0) is 4.74 Å². The SMILES string of the molecule is CCOCCOc1ccccc1C(=O)NC(=S)Nc1ccc(OCC(C)C)cc1. The largest absolute Gasteiger partial charge is 0.493 e. The van der Waals surface area contributed by atoms with Crippen LogP contribution in [0.4, 0.5) is 5.69 Å². The molecule has 0 unspecified atom stereocenters. The molecule has 0 spiro atoms. The summed E-state index contributed by atoms with van der Waals surface area (Å²) in [7, 11) is 0. The van der Waals surface area contributed by atoms with E-state index in [2.05, 4.69) is 24.5 Å². The highest BCUT2D eigenvalue weighted by molar-refractivity contribution is 7.80. The molecule has 2 aromatic rings. The first-order chi connectivity index (χ1) is 14.0. The van der Waals surface area contributed by atoms with Crippen LogP contribution in [0.3, 0.4) is 0 Å². The van der Waals surface area contributed by atoms with Gasteiger partial charge in [-0.1, -0.05) is 26.0 Å². The number of nitrogens with one attached hydrogen (secondary N) is 2. The van der Waals surface area contributed by atoms with E-state index in [1.54, 1.807) is 18.2 Å². The van der Waals surface area contributed by atoms with Gasteiger partial charge in [0.25, 0.3) is 5.91 Å². The fourth-order valence-electron chi connectivity index (χ4n) is 2.37. The first-order valence-corrected chi connectivity index (χ1v) is 10.0. The zero-order valence-electron chi connectivity index (χ0n) is 17.1. The van der Waals surface area contributed by atoms with Crippen molar-refractivity contribution in [3.05, 3.63) is 54.1 Å². The zero-order chi connectivity index (χ0) is 21.1. The van der Waals surface area contributed by atoms with Gasteiger partial charge < -0.3 is 19.5 Å². The Kier molecular flexibility index (Phi) is 9.40. The summed E-state index contributed by atoms with van der Waals surface area (Å²) in [5.41, 5.74) is 1.17. The Bertz CT molecular complexity index is 794. The summed E-state index contributed by atoms with van der Waals surface area (Å²) in [6.07, 6.45) is 0. The normalized spacial score (nSPS) is 10.5. The van der Waals surface area contributed by atoms with Crippen LogP contribution in [-0.4, -0.2) is 37.4 Å². The molecular weight excluding hydrogens is 388 g/mol. The Hall–Kier alpha value is -2.64. The van der Waals surface area contributed by atoms with Crippen LogP contribution in [0.1, 0.15) is 31.1 Å². The second-order valence-electron chi connectivity index (χ2n) is 6.68.